The highest BCUT2D eigenvalue weighted by Gasteiger charge is 2.21. The van der Waals surface area contributed by atoms with Gasteiger partial charge in [0.15, 0.2) is 0 Å². The Morgan fingerprint density at radius 2 is 1.86 bits per heavy atom. The van der Waals surface area contributed by atoms with Crippen LogP contribution in [0.1, 0.15) is 30.3 Å². The molecule has 0 fully saturated rings. The minimum atomic E-state index is -0.188. The normalized spacial score (nSPS) is 12.2. The molecule has 0 bridgehead atoms. The van der Waals surface area contributed by atoms with E-state index in [1.54, 1.807) is 6.20 Å². The zero-order valence-corrected chi connectivity index (χ0v) is 16.5. The lowest BCUT2D eigenvalue weighted by atomic mass is 10.0. The molecule has 1 N–H and O–H groups in total. The van der Waals surface area contributed by atoms with Gasteiger partial charge in [0.1, 0.15) is 5.82 Å². The Morgan fingerprint density at radius 1 is 1.07 bits per heavy atom. The van der Waals surface area contributed by atoms with Gasteiger partial charge in [0.2, 0.25) is 5.91 Å². The average Bonchev–Trinajstić information content (AvgIpc) is 3.37. The fraction of sp³-hybridized carbons (Fsp3) is 0.261. The van der Waals surface area contributed by atoms with Gasteiger partial charge in [-0.2, -0.15) is 5.10 Å². The summed E-state index contributed by atoms with van der Waals surface area (Å²) >= 11 is 0. The number of imidazole rings is 1. The Morgan fingerprint density at radius 3 is 2.62 bits per heavy atom. The maximum absolute atomic E-state index is 12.7. The van der Waals surface area contributed by atoms with E-state index in [9.17, 15) is 4.79 Å². The topological polar surface area (TPSA) is 64.7 Å². The van der Waals surface area contributed by atoms with Crippen LogP contribution in [0.25, 0.3) is 11.0 Å². The van der Waals surface area contributed by atoms with Gasteiger partial charge in [-0.15, -0.1) is 0 Å². The van der Waals surface area contributed by atoms with E-state index >= 15 is 0 Å². The molecule has 2 aromatic heterocycles. The standard InChI is InChI=1S/C23H25N5O/c1-27-21-12-6-5-11-19(21)26-23(27)20(17-18-9-3-2-4-10-18)25-22(29)13-7-15-28-16-8-14-24-28/h2-6,8-12,14,16,20H,7,13,15,17H2,1H3,(H,25,29). The number of aryl methyl sites for hydroxylation is 2. The van der Waals surface area contributed by atoms with Crippen LogP contribution in [-0.4, -0.2) is 25.2 Å². The molecule has 4 aromatic rings. The molecule has 1 unspecified atom stereocenters. The Kier molecular flexibility index (Phi) is 5.70. The summed E-state index contributed by atoms with van der Waals surface area (Å²) in [5.41, 5.74) is 3.17. The molecule has 1 amide bonds. The van der Waals surface area contributed by atoms with Crippen molar-refractivity contribution in [3.8, 4) is 0 Å². The number of hydrogen-bond acceptors (Lipinski definition) is 3. The van der Waals surface area contributed by atoms with Gasteiger partial charge < -0.3 is 9.88 Å². The number of fused-ring (bicyclic) bond motifs is 1. The highest BCUT2D eigenvalue weighted by molar-refractivity contribution is 5.78. The number of benzene rings is 2. The molecule has 2 aromatic carbocycles. The van der Waals surface area contributed by atoms with Crippen molar-refractivity contribution in [1.29, 1.82) is 0 Å². The molecule has 1 atom stereocenters. The number of aromatic nitrogens is 4. The lowest BCUT2D eigenvalue weighted by Gasteiger charge is -2.19. The van der Waals surface area contributed by atoms with E-state index in [2.05, 4.69) is 33.2 Å². The van der Waals surface area contributed by atoms with E-state index in [-0.39, 0.29) is 11.9 Å². The van der Waals surface area contributed by atoms with Gasteiger partial charge in [-0.3, -0.25) is 9.48 Å². The van der Waals surface area contributed by atoms with E-state index in [1.807, 2.05) is 60.4 Å². The molecular weight excluding hydrogens is 362 g/mol. The molecule has 0 radical (unpaired) electrons. The highest BCUT2D eigenvalue weighted by Crippen LogP contribution is 2.23. The van der Waals surface area contributed by atoms with Gasteiger partial charge in [0.25, 0.3) is 0 Å². The quantitative estimate of drug-likeness (QED) is 0.502. The smallest absolute Gasteiger partial charge is 0.220 e. The molecule has 0 saturated carbocycles. The third-order valence-electron chi connectivity index (χ3n) is 5.10. The number of carbonyl (C=O) groups excluding carboxylic acids is 1. The number of rotatable bonds is 8. The van der Waals surface area contributed by atoms with Crippen LogP contribution in [0.5, 0.6) is 0 Å². The average molecular weight is 387 g/mol. The summed E-state index contributed by atoms with van der Waals surface area (Å²) in [6, 6.07) is 20.0. The van der Waals surface area contributed by atoms with E-state index < -0.39 is 0 Å². The van der Waals surface area contributed by atoms with E-state index in [4.69, 9.17) is 4.98 Å². The molecule has 0 aliphatic heterocycles. The van der Waals surface area contributed by atoms with Gasteiger partial charge in [-0.1, -0.05) is 42.5 Å². The first-order valence-corrected chi connectivity index (χ1v) is 9.93. The molecule has 0 spiro atoms. The van der Waals surface area contributed by atoms with Crippen LogP contribution in [0.15, 0.2) is 73.1 Å². The van der Waals surface area contributed by atoms with Gasteiger partial charge in [0.05, 0.1) is 17.1 Å². The first kappa shape index (κ1) is 18.9. The van der Waals surface area contributed by atoms with Gasteiger partial charge >= 0.3 is 0 Å². The van der Waals surface area contributed by atoms with E-state index in [1.165, 1.54) is 5.56 Å². The van der Waals surface area contributed by atoms with Crippen molar-refractivity contribution in [1.82, 2.24) is 24.6 Å². The van der Waals surface area contributed by atoms with Gasteiger partial charge in [-0.05, 0) is 36.6 Å². The van der Waals surface area contributed by atoms with Crippen LogP contribution >= 0.6 is 0 Å². The SMILES string of the molecule is Cn1c(C(Cc2ccccc2)NC(=O)CCCn2cccn2)nc2ccccc21. The van der Waals surface area contributed by atoms with Crippen molar-refractivity contribution < 1.29 is 4.79 Å². The molecule has 148 valence electrons. The molecule has 4 rings (SSSR count). The van der Waals surface area contributed by atoms with Gasteiger partial charge in [-0.25, -0.2) is 4.98 Å². The lowest BCUT2D eigenvalue weighted by Crippen LogP contribution is -2.31. The maximum Gasteiger partial charge on any atom is 0.220 e. The maximum atomic E-state index is 12.7. The summed E-state index contributed by atoms with van der Waals surface area (Å²) in [6.07, 6.45) is 5.56. The summed E-state index contributed by atoms with van der Waals surface area (Å²) in [5, 5.41) is 7.40. The molecule has 6 heteroatoms. The fourth-order valence-electron chi connectivity index (χ4n) is 3.63. The van der Waals surface area contributed by atoms with Crippen LogP contribution in [-0.2, 0) is 24.8 Å². The molecule has 2 heterocycles. The predicted molar refractivity (Wildman–Crippen MR) is 113 cm³/mol. The largest absolute Gasteiger partial charge is 0.346 e. The second-order valence-electron chi connectivity index (χ2n) is 7.20. The monoisotopic (exact) mass is 387 g/mol. The molecule has 0 saturated heterocycles. The second kappa shape index (κ2) is 8.73. The fourth-order valence-corrected chi connectivity index (χ4v) is 3.63. The summed E-state index contributed by atoms with van der Waals surface area (Å²) in [4.78, 5) is 17.5. The Labute approximate surface area is 170 Å². The summed E-state index contributed by atoms with van der Waals surface area (Å²) in [5.74, 6) is 0.903. The lowest BCUT2D eigenvalue weighted by molar-refractivity contribution is -0.122. The summed E-state index contributed by atoms with van der Waals surface area (Å²) in [6.45, 7) is 0.732. The molecule has 29 heavy (non-hydrogen) atoms. The van der Waals surface area contributed by atoms with Crippen molar-refractivity contribution in [3.05, 3.63) is 84.4 Å². The number of hydrogen-bond donors (Lipinski definition) is 1. The van der Waals surface area contributed by atoms with Gasteiger partial charge in [0, 0.05) is 32.4 Å². The Hall–Kier alpha value is -3.41. The van der Waals surface area contributed by atoms with Crippen LogP contribution in [0.4, 0.5) is 0 Å². The van der Waals surface area contributed by atoms with E-state index in [0.29, 0.717) is 12.8 Å². The van der Waals surface area contributed by atoms with Crippen molar-refractivity contribution in [2.75, 3.05) is 0 Å². The number of nitrogens with zero attached hydrogens (tertiary/aromatic N) is 4. The summed E-state index contributed by atoms with van der Waals surface area (Å²) < 4.78 is 3.92. The third kappa shape index (κ3) is 4.54. The number of amides is 1. The Balaban J connectivity index is 1.51. The van der Waals surface area contributed by atoms with Crippen molar-refractivity contribution in [3.63, 3.8) is 0 Å². The zero-order chi connectivity index (χ0) is 20.1. The predicted octanol–water partition coefficient (Wildman–Crippen LogP) is 3.65. The van der Waals surface area contributed by atoms with Crippen LogP contribution < -0.4 is 5.32 Å². The van der Waals surface area contributed by atoms with Crippen LogP contribution in [0.2, 0.25) is 0 Å². The van der Waals surface area contributed by atoms with Crippen LogP contribution in [0, 0.1) is 0 Å². The van der Waals surface area contributed by atoms with Crippen molar-refractivity contribution in [2.24, 2.45) is 7.05 Å². The molecular formula is C23H25N5O. The first-order chi connectivity index (χ1) is 14.2. The number of carbonyl (C=O) groups is 1. The zero-order valence-electron chi connectivity index (χ0n) is 16.5. The van der Waals surface area contributed by atoms with E-state index in [0.717, 1.165) is 29.8 Å². The molecule has 0 aliphatic carbocycles. The second-order valence-corrected chi connectivity index (χ2v) is 7.20. The molecule has 6 nitrogen and oxygen atoms in total. The minimum absolute atomic E-state index is 0.0325. The summed E-state index contributed by atoms with van der Waals surface area (Å²) in [7, 11) is 2.01. The molecule has 0 aliphatic rings. The third-order valence-corrected chi connectivity index (χ3v) is 5.10. The van der Waals surface area contributed by atoms with Crippen molar-refractivity contribution >= 4 is 16.9 Å². The van der Waals surface area contributed by atoms with Crippen molar-refractivity contribution in [2.45, 2.75) is 31.8 Å². The number of nitrogens with one attached hydrogen (secondary N) is 1. The van der Waals surface area contributed by atoms with Crippen LogP contribution in [0.3, 0.4) is 0 Å². The minimum Gasteiger partial charge on any atom is -0.346 e. The Bertz CT molecular complexity index is 1070. The first-order valence-electron chi connectivity index (χ1n) is 9.93. The number of para-hydroxylation sites is 2. The highest BCUT2D eigenvalue weighted by atomic mass is 16.1.